The maximum absolute atomic E-state index is 5.38. The standard InChI is InChI=1S/C5H5N5/c6-10-4-2-1-3-7-5(4)8-9-10/h1-3H,6H2. The summed E-state index contributed by atoms with van der Waals surface area (Å²) in [6.45, 7) is 0. The molecule has 2 rings (SSSR count). The highest BCUT2D eigenvalue weighted by Crippen LogP contribution is 2.01. The summed E-state index contributed by atoms with van der Waals surface area (Å²) < 4.78 is 0. The maximum atomic E-state index is 5.38. The number of nitrogen functional groups attached to an aromatic ring is 1. The van der Waals surface area contributed by atoms with Crippen LogP contribution in [0.3, 0.4) is 0 Å². The van der Waals surface area contributed by atoms with E-state index in [0.29, 0.717) is 5.65 Å². The van der Waals surface area contributed by atoms with Gasteiger partial charge in [-0.05, 0) is 17.3 Å². The fraction of sp³-hybridized carbons (Fsp3) is 0. The summed E-state index contributed by atoms with van der Waals surface area (Å²) in [6, 6.07) is 3.59. The number of nitrogens with zero attached hydrogens (tertiary/aromatic N) is 4. The van der Waals surface area contributed by atoms with Crippen molar-refractivity contribution in [3.63, 3.8) is 0 Å². The Morgan fingerprint density at radius 3 is 3.20 bits per heavy atom. The molecular formula is C5H5N5. The van der Waals surface area contributed by atoms with Gasteiger partial charge in [-0.25, -0.2) is 4.98 Å². The van der Waals surface area contributed by atoms with Crippen LogP contribution in [0.2, 0.25) is 0 Å². The Kier molecular flexibility index (Phi) is 0.858. The van der Waals surface area contributed by atoms with Crippen molar-refractivity contribution in [2.75, 3.05) is 5.84 Å². The zero-order valence-corrected chi connectivity index (χ0v) is 5.10. The Morgan fingerprint density at radius 2 is 2.40 bits per heavy atom. The second-order valence-electron chi connectivity index (χ2n) is 1.88. The van der Waals surface area contributed by atoms with E-state index in [9.17, 15) is 0 Å². The molecule has 2 N–H and O–H groups in total. The van der Waals surface area contributed by atoms with Crippen molar-refractivity contribution >= 4 is 11.2 Å². The number of hydrogen-bond donors (Lipinski definition) is 1. The molecule has 0 aliphatic carbocycles. The van der Waals surface area contributed by atoms with Crippen LogP contribution in [0, 0.1) is 0 Å². The molecule has 0 spiro atoms. The number of aromatic nitrogens is 4. The van der Waals surface area contributed by atoms with Gasteiger partial charge < -0.3 is 5.84 Å². The first-order chi connectivity index (χ1) is 4.88. The third kappa shape index (κ3) is 0.540. The first-order valence-electron chi connectivity index (χ1n) is 2.79. The summed E-state index contributed by atoms with van der Waals surface area (Å²) in [4.78, 5) is 5.12. The van der Waals surface area contributed by atoms with Crippen molar-refractivity contribution in [2.24, 2.45) is 0 Å². The molecule has 0 radical (unpaired) electrons. The number of nitrogens with two attached hydrogens (primary N) is 1. The zero-order chi connectivity index (χ0) is 6.97. The molecule has 10 heavy (non-hydrogen) atoms. The Labute approximate surface area is 56.4 Å². The highest BCUT2D eigenvalue weighted by atomic mass is 15.6. The van der Waals surface area contributed by atoms with E-state index >= 15 is 0 Å². The van der Waals surface area contributed by atoms with Crippen molar-refractivity contribution in [3.05, 3.63) is 18.3 Å². The minimum absolute atomic E-state index is 0.574. The number of fused-ring (bicyclic) bond motifs is 1. The van der Waals surface area contributed by atoms with E-state index in [1.165, 1.54) is 4.79 Å². The Hall–Kier alpha value is -1.65. The molecule has 5 heteroatoms. The van der Waals surface area contributed by atoms with Crippen LogP contribution in [0.15, 0.2) is 18.3 Å². The first-order valence-corrected chi connectivity index (χ1v) is 2.79. The SMILES string of the molecule is Nn1nnc2ncccc21. The summed E-state index contributed by atoms with van der Waals surface area (Å²) in [5.41, 5.74) is 1.31. The van der Waals surface area contributed by atoms with Gasteiger partial charge in [-0.15, -0.1) is 5.10 Å². The molecule has 0 saturated carbocycles. The predicted octanol–water partition coefficient (Wildman–Crippen LogP) is -0.460. The predicted molar refractivity (Wildman–Crippen MR) is 35.5 cm³/mol. The average Bonchev–Trinajstić information content (AvgIpc) is 2.34. The zero-order valence-electron chi connectivity index (χ0n) is 5.10. The monoisotopic (exact) mass is 135 g/mol. The van der Waals surface area contributed by atoms with Crippen LogP contribution in [-0.2, 0) is 0 Å². The molecule has 0 saturated heterocycles. The van der Waals surface area contributed by atoms with E-state index in [-0.39, 0.29) is 0 Å². The molecule has 5 nitrogen and oxygen atoms in total. The van der Waals surface area contributed by atoms with Crippen molar-refractivity contribution in [1.29, 1.82) is 0 Å². The van der Waals surface area contributed by atoms with Gasteiger partial charge >= 0.3 is 0 Å². The molecule has 50 valence electrons. The van der Waals surface area contributed by atoms with Crippen molar-refractivity contribution in [1.82, 2.24) is 20.1 Å². The molecular weight excluding hydrogens is 130 g/mol. The fourth-order valence-electron chi connectivity index (χ4n) is 0.783. The second-order valence-corrected chi connectivity index (χ2v) is 1.88. The van der Waals surface area contributed by atoms with Gasteiger partial charge in [0.2, 0.25) is 5.65 Å². The summed E-state index contributed by atoms with van der Waals surface area (Å²) in [7, 11) is 0. The molecule has 2 aromatic rings. The lowest BCUT2D eigenvalue weighted by molar-refractivity contribution is 0.786. The van der Waals surface area contributed by atoms with Gasteiger partial charge in [0.15, 0.2) is 0 Å². The number of pyridine rings is 1. The molecule has 0 amide bonds. The van der Waals surface area contributed by atoms with E-state index in [1.807, 2.05) is 6.07 Å². The minimum atomic E-state index is 0.574. The Bertz CT molecular complexity index is 352. The minimum Gasteiger partial charge on any atom is -0.321 e. The molecule has 0 atom stereocenters. The van der Waals surface area contributed by atoms with Gasteiger partial charge in [0.05, 0.1) is 0 Å². The molecule has 2 aromatic heterocycles. The fourth-order valence-corrected chi connectivity index (χ4v) is 0.783. The van der Waals surface area contributed by atoms with Crippen LogP contribution < -0.4 is 5.84 Å². The van der Waals surface area contributed by atoms with E-state index in [1.54, 1.807) is 12.3 Å². The van der Waals surface area contributed by atoms with E-state index < -0.39 is 0 Å². The largest absolute Gasteiger partial charge is 0.321 e. The maximum Gasteiger partial charge on any atom is 0.204 e. The van der Waals surface area contributed by atoms with Gasteiger partial charge in [-0.3, -0.25) is 0 Å². The topological polar surface area (TPSA) is 69.6 Å². The second kappa shape index (κ2) is 1.66. The third-order valence-corrected chi connectivity index (χ3v) is 1.25. The molecule has 0 aliphatic rings. The van der Waals surface area contributed by atoms with Crippen LogP contribution >= 0.6 is 0 Å². The Balaban J connectivity index is 2.93. The number of rotatable bonds is 0. The van der Waals surface area contributed by atoms with Gasteiger partial charge in [0, 0.05) is 6.20 Å². The van der Waals surface area contributed by atoms with Crippen LogP contribution in [0.5, 0.6) is 0 Å². The lowest BCUT2D eigenvalue weighted by atomic mass is 10.4. The summed E-state index contributed by atoms with van der Waals surface area (Å²) in [5, 5.41) is 7.27. The molecule has 0 bridgehead atoms. The lowest BCUT2D eigenvalue weighted by Gasteiger charge is -1.86. The molecule has 2 heterocycles. The van der Waals surface area contributed by atoms with Crippen LogP contribution in [0.25, 0.3) is 11.2 Å². The third-order valence-electron chi connectivity index (χ3n) is 1.25. The van der Waals surface area contributed by atoms with Crippen molar-refractivity contribution < 1.29 is 0 Å². The van der Waals surface area contributed by atoms with Gasteiger partial charge in [0.25, 0.3) is 0 Å². The average molecular weight is 135 g/mol. The molecule has 0 unspecified atom stereocenters. The molecule has 0 fully saturated rings. The van der Waals surface area contributed by atoms with Gasteiger partial charge in [-0.2, -0.15) is 4.79 Å². The summed E-state index contributed by atoms with van der Waals surface area (Å²) in [5.74, 6) is 5.38. The van der Waals surface area contributed by atoms with Crippen LogP contribution in [0.4, 0.5) is 0 Å². The lowest BCUT2D eigenvalue weighted by Crippen LogP contribution is -2.09. The molecule has 0 aliphatic heterocycles. The van der Waals surface area contributed by atoms with Crippen LogP contribution in [-0.4, -0.2) is 20.1 Å². The quantitative estimate of drug-likeness (QED) is 0.496. The van der Waals surface area contributed by atoms with E-state index in [2.05, 4.69) is 15.3 Å². The van der Waals surface area contributed by atoms with E-state index in [4.69, 9.17) is 5.84 Å². The smallest absolute Gasteiger partial charge is 0.204 e. The normalized spacial score (nSPS) is 10.4. The molecule has 0 aromatic carbocycles. The summed E-state index contributed by atoms with van der Waals surface area (Å²) >= 11 is 0. The highest BCUT2D eigenvalue weighted by molar-refractivity contribution is 5.68. The number of hydrogen-bond acceptors (Lipinski definition) is 4. The van der Waals surface area contributed by atoms with E-state index in [0.717, 1.165) is 5.52 Å². The Morgan fingerprint density at radius 1 is 1.50 bits per heavy atom. The first kappa shape index (κ1) is 5.16. The van der Waals surface area contributed by atoms with Crippen molar-refractivity contribution in [2.45, 2.75) is 0 Å². The van der Waals surface area contributed by atoms with Crippen LogP contribution in [0.1, 0.15) is 0 Å². The summed E-state index contributed by atoms with van der Waals surface area (Å²) in [6.07, 6.45) is 1.65. The highest BCUT2D eigenvalue weighted by Gasteiger charge is 1.98. The van der Waals surface area contributed by atoms with Gasteiger partial charge in [-0.1, -0.05) is 0 Å². The van der Waals surface area contributed by atoms with Crippen molar-refractivity contribution in [3.8, 4) is 0 Å². The van der Waals surface area contributed by atoms with Gasteiger partial charge in [0.1, 0.15) is 5.52 Å².